The van der Waals surface area contributed by atoms with Crippen molar-refractivity contribution in [2.24, 2.45) is 0 Å². The number of hydrogen-bond donors (Lipinski definition) is 1. The largest absolute Gasteiger partial charge is 0.493 e. The molecule has 0 bridgehead atoms. The van der Waals surface area contributed by atoms with Crippen molar-refractivity contribution in [3.05, 3.63) is 105 Å². The lowest BCUT2D eigenvalue weighted by Crippen LogP contribution is -2.10. The Labute approximate surface area is 223 Å². The van der Waals surface area contributed by atoms with E-state index in [2.05, 4.69) is 0 Å². The summed E-state index contributed by atoms with van der Waals surface area (Å²) in [5.41, 5.74) is 2.13. The molecule has 0 fully saturated rings. The van der Waals surface area contributed by atoms with E-state index >= 15 is 0 Å². The fourth-order valence-corrected chi connectivity index (χ4v) is 4.43. The van der Waals surface area contributed by atoms with Crippen molar-refractivity contribution in [1.29, 1.82) is 0 Å². The van der Waals surface area contributed by atoms with Crippen molar-refractivity contribution >= 4 is 27.9 Å². The topological polar surface area (TPSA) is 116 Å². The number of aromatic carboxylic acids is 1. The van der Waals surface area contributed by atoms with Gasteiger partial charge in [-0.3, -0.25) is 9.59 Å². The minimum absolute atomic E-state index is 0.105. The van der Waals surface area contributed by atoms with E-state index in [1.807, 2.05) is 37.3 Å². The first-order valence-electron chi connectivity index (χ1n) is 12.7. The number of ether oxygens (including phenoxy) is 2. The first-order valence-corrected chi connectivity index (χ1v) is 12.7. The molecule has 0 amide bonds. The summed E-state index contributed by atoms with van der Waals surface area (Å²) in [6.45, 7) is 2.66. The molecule has 5 rings (SSSR count). The standard InChI is InChI=1S/C31H26O8/c1-2-7-23-26(13-12-21-25(32)17-28(31(34)35)39-30(21)23)37-15-6-14-36-20-10-11-22-27(16-20)38-18-24(29(22)33)19-8-4-3-5-9-19/h3-5,8-13,16-18H,2,6-7,14-15H2,1H3,(H,34,35). The molecule has 0 aliphatic carbocycles. The maximum atomic E-state index is 12.9. The van der Waals surface area contributed by atoms with E-state index in [-0.39, 0.29) is 11.0 Å². The molecule has 0 unspecified atom stereocenters. The zero-order valence-corrected chi connectivity index (χ0v) is 21.3. The molecule has 0 saturated heterocycles. The van der Waals surface area contributed by atoms with E-state index in [0.29, 0.717) is 65.0 Å². The van der Waals surface area contributed by atoms with Crippen LogP contribution in [0, 0.1) is 0 Å². The minimum atomic E-state index is -1.30. The van der Waals surface area contributed by atoms with Crippen molar-refractivity contribution in [3.63, 3.8) is 0 Å². The Morgan fingerprint density at radius 3 is 2.46 bits per heavy atom. The Hall–Kier alpha value is -4.85. The second-order valence-electron chi connectivity index (χ2n) is 9.00. The van der Waals surface area contributed by atoms with Crippen molar-refractivity contribution in [2.75, 3.05) is 13.2 Å². The lowest BCUT2D eigenvalue weighted by Gasteiger charge is -2.13. The van der Waals surface area contributed by atoms with Gasteiger partial charge in [0.25, 0.3) is 0 Å². The number of fused-ring (bicyclic) bond motifs is 2. The van der Waals surface area contributed by atoms with E-state index < -0.39 is 17.2 Å². The Morgan fingerprint density at radius 1 is 0.923 bits per heavy atom. The van der Waals surface area contributed by atoms with Crippen LogP contribution in [-0.4, -0.2) is 24.3 Å². The van der Waals surface area contributed by atoms with Crippen LogP contribution in [0.5, 0.6) is 11.5 Å². The normalized spacial score (nSPS) is 11.1. The van der Waals surface area contributed by atoms with Crippen molar-refractivity contribution in [3.8, 4) is 22.6 Å². The highest BCUT2D eigenvalue weighted by atomic mass is 16.5. The third kappa shape index (κ3) is 5.40. The Bertz CT molecular complexity index is 1770. The van der Waals surface area contributed by atoms with Crippen LogP contribution in [-0.2, 0) is 6.42 Å². The molecule has 0 saturated carbocycles. The Morgan fingerprint density at radius 2 is 1.69 bits per heavy atom. The van der Waals surface area contributed by atoms with Gasteiger partial charge in [-0.15, -0.1) is 0 Å². The number of carboxylic acid groups (broad SMARTS) is 1. The molecule has 0 aliphatic rings. The fraction of sp³-hybridized carbons (Fsp3) is 0.194. The van der Waals surface area contributed by atoms with Crippen LogP contribution in [0.4, 0.5) is 0 Å². The van der Waals surface area contributed by atoms with Crippen LogP contribution < -0.4 is 20.3 Å². The predicted octanol–water partition coefficient (Wildman–Crippen LogP) is 6.07. The van der Waals surface area contributed by atoms with Crippen LogP contribution >= 0.6 is 0 Å². The summed E-state index contributed by atoms with van der Waals surface area (Å²) in [4.78, 5) is 36.7. The SMILES string of the molecule is CCCc1c(OCCCOc2ccc3c(=O)c(-c4ccccc4)coc3c2)ccc2c(=O)cc(C(=O)O)oc12. The van der Waals surface area contributed by atoms with Crippen LogP contribution in [0.2, 0.25) is 0 Å². The average molecular weight is 527 g/mol. The van der Waals surface area contributed by atoms with Gasteiger partial charge in [0.05, 0.1) is 29.5 Å². The molecule has 0 atom stereocenters. The molecule has 0 spiro atoms. The molecule has 1 N–H and O–H groups in total. The van der Waals surface area contributed by atoms with E-state index in [0.717, 1.165) is 18.1 Å². The van der Waals surface area contributed by atoms with Crippen LogP contribution in [0.25, 0.3) is 33.1 Å². The molecular weight excluding hydrogens is 500 g/mol. The van der Waals surface area contributed by atoms with Gasteiger partial charge < -0.3 is 23.4 Å². The molecule has 5 aromatic rings. The van der Waals surface area contributed by atoms with Gasteiger partial charge >= 0.3 is 5.97 Å². The van der Waals surface area contributed by atoms with E-state index in [1.165, 1.54) is 6.26 Å². The summed E-state index contributed by atoms with van der Waals surface area (Å²) in [5, 5.41) is 10.1. The Balaban J connectivity index is 1.25. The van der Waals surface area contributed by atoms with Gasteiger partial charge in [0.15, 0.2) is 10.9 Å². The zero-order valence-electron chi connectivity index (χ0n) is 21.3. The first kappa shape index (κ1) is 25.8. The molecule has 198 valence electrons. The van der Waals surface area contributed by atoms with E-state index in [1.54, 1.807) is 30.3 Å². The van der Waals surface area contributed by atoms with Crippen molar-refractivity contribution in [2.45, 2.75) is 26.2 Å². The maximum Gasteiger partial charge on any atom is 0.371 e. The van der Waals surface area contributed by atoms with Gasteiger partial charge in [-0.2, -0.15) is 0 Å². The highest BCUT2D eigenvalue weighted by molar-refractivity contribution is 5.89. The van der Waals surface area contributed by atoms with Crippen LogP contribution in [0.1, 0.15) is 35.9 Å². The molecule has 2 aromatic heterocycles. The lowest BCUT2D eigenvalue weighted by atomic mass is 10.0. The highest BCUT2D eigenvalue weighted by Gasteiger charge is 2.17. The van der Waals surface area contributed by atoms with Crippen molar-refractivity contribution in [1.82, 2.24) is 0 Å². The number of rotatable bonds is 10. The van der Waals surface area contributed by atoms with Crippen LogP contribution in [0.3, 0.4) is 0 Å². The minimum Gasteiger partial charge on any atom is -0.493 e. The summed E-state index contributed by atoms with van der Waals surface area (Å²) >= 11 is 0. The predicted molar refractivity (Wildman–Crippen MR) is 147 cm³/mol. The second kappa shape index (κ2) is 11.3. The average Bonchev–Trinajstić information content (AvgIpc) is 2.94. The quantitative estimate of drug-likeness (QED) is 0.218. The monoisotopic (exact) mass is 526 g/mol. The number of aryl methyl sites for hydroxylation is 1. The molecule has 39 heavy (non-hydrogen) atoms. The molecule has 0 radical (unpaired) electrons. The van der Waals surface area contributed by atoms with Crippen LogP contribution in [0.15, 0.2) is 91.4 Å². The molecule has 2 heterocycles. The lowest BCUT2D eigenvalue weighted by molar-refractivity contribution is 0.0663. The highest BCUT2D eigenvalue weighted by Crippen LogP contribution is 2.29. The maximum absolute atomic E-state index is 12.9. The van der Waals surface area contributed by atoms with Gasteiger partial charge in [0, 0.05) is 24.1 Å². The number of carbonyl (C=O) groups is 1. The molecule has 0 aliphatic heterocycles. The zero-order chi connectivity index (χ0) is 27.4. The molecule has 3 aromatic carbocycles. The van der Waals surface area contributed by atoms with Crippen molar-refractivity contribution < 1.29 is 28.2 Å². The number of benzene rings is 3. The summed E-state index contributed by atoms with van der Waals surface area (Å²) in [6.07, 6.45) is 3.34. The fourth-order valence-electron chi connectivity index (χ4n) is 4.43. The number of carboxylic acids is 1. The summed E-state index contributed by atoms with van der Waals surface area (Å²) < 4.78 is 23.1. The summed E-state index contributed by atoms with van der Waals surface area (Å²) in [7, 11) is 0. The van der Waals surface area contributed by atoms with E-state index in [9.17, 15) is 19.5 Å². The van der Waals surface area contributed by atoms with Gasteiger partial charge in [0.2, 0.25) is 5.76 Å². The smallest absolute Gasteiger partial charge is 0.371 e. The summed E-state index contributed by atoms with van der Waals surface area (Å²) in [5.74, 6) is -0.599. The van der Waals surface area contributed by atoms with Gasteiger partial charge in [0.1, 0.15) is 28.9 Å². The van der Waals surface area contributed by atoms with Gasteiger partial charge in [-0.25, -0.2) is 4.79 Å². The molecule has 8 nitrogen and oxygen atoms in total. The van der Waals surface area contributed by atoms with Gasteiger partial charge in [-0.05, 0) is 36.2 Å². The van der Waals surface area contributed by atoms with Gasteiger partial charge in [-0.1, -0.05) is 43.7 Å². The molecular formula is C31H26O8. The first-order chi connectivity index (χ1) is 19.0. The Kier molecular flexibility index (Phi) is 7.45. The molecule has 8 heteroatoms. The van der Waals surface area contributed by atoms with E-state index in [4.69, 9.17) is 18.3 Å². The summed E-state index contributed by atoms with van der Waals surface area (Å²) in [6, 6.07) is 18.8. The second-order valence-corrected chi connectivity index (χ2v) is 9.00. The third-order valence-corrected chi connectivity index (χ3v) is 6.31. The third-order valence-electron chi connectivity index (χ3n) is 6.31. The number of hydrogen-bond acceptors (Lipinski definition) is 7.